The molecule has 0 spiro atoms. The van der Waals surface area contributed by atoms with Gasteiger partial charge in [0, 0.05) is 32.1 Å². The van der Waals surface area contributed by atoms with Gasteiger partial charge in [-0.1, -0.05) is 0 Å². The number of hydrogen-bond acceptors (Lipinski definition) is 5. The Morgan fingerprint density at radius 1 is 1.44 bits per heavy atom. The number of hydrogen-bond donors (Lipinski definition) is 2. The zero-order valence-electron chi connectivity index (χ0n) is 10.8. The monoisotopic (exact) mass is 273 g/mol. The summed E-state index contributed by atoms with van der Waals surface area (Å²) in [5.74, 6) is 0. The molecular weight excluding hydrogens is 254 g/mol. The highest BCUT2D eigenvalue weighted by Crippen LogP contribution is 2.19. The Hall–Kier alpha value is -1.18. The van der Waals surface area contributed by atoms with Crippen LogP contribution in [0.15, 0.2) is 23.4 Å². The van der Waals surface area contributed by atoms with Crippen LogP contribution in [0.3, 0.4) is 0 Å². The molecule has 0 aliphatic carbocycles. The summed E-state index contributed by atoms with van der Waals surface area (Å²) in [7, 11) is -1.95. The SMILES string of the molecule is COCCNc1ccncc1S(=O)(=O)NC(C)C. The van der Waals surface area contributed by atoms with Crippen LogP contribution in [0, 0.1) is 0 Å². The predicted molar refractivity (Wildman–Crippen MR) is 70.1 cm³/mol. The lowest BCUT2D eigenvalue weighted by Crippen LogP contribution is -2.31. The fourth-order valence-corrected chi connectivity index (χ4v) is 2.78. The summed E-state index contributed by atoms with van der Waals surface area (Å²) >= 11 is 0. The van der Waals surface area contributed by atoms with Crippen molar-refractivity contribution < 1.29 is 13.2 Å². The molecule has 0 fully saturated rings. The number of nitrogens with zero attached hydrogens (tertiary/aromatic N) is 1. The Kier molecular flexibility index (Phi) is 5.52. The topological polar surface area (TPSA) is 80.3 Å². The molecule has 0 atom stereocenters. The summed E-state index contributed by atoms with van der Waals surface area (Å²) in [6.45, 7) is 4.57. The van der Waals surface area contributed by atoms with E-state index in [1.54, 1.807) is 33.2 Å². The highest BCUT2D eigenvalue weighted by molar-refractivity contribution is 7.89. The summed E-state index contributed by atoms with van der Waals surface area (Å²) in [5, 5.41) is 3.01. The Morgan fingerprint density at radius 2 is 2.17 bits per heavy atom. The largest absolute Gasteiger partial charge is 0.383 e. The molecule has 6 nitrogen and oxygen atoms in total. The number of methoxy groups -OCH3 is 1. The molecule has 0 unspecified atom stereocenters. The van der Waals surface area contributed by atoms with Gasteiger partial charge in [-0.15, -0.1) is 0 Å². The Bertz CT molecular complexity index is 474. The van der Waals surface area contributed by atoms with Gasteiger partial charge in [-0.05, 0) is 19.9 Å². The van der Waals surface area contributed by atoms with Gasteiger partial charge in [0.2, 0.25) is 10.0 Å². The molecule has 0 amide bonds. The van der Waals surface area contributed by atoms with Crippen molar-refractivity contribution in [1.29, 1.82) is 0 Å². The lowest BCUT2D eigenvalue weighted by Gasteiger charge is -2.14. The number of ether oxygens (including phenoxy) is 1. The summed E-state index contributed by atoms with van der Waals surface area (Å²) in [6.07, 6.45) is 2.88. The van der Waals surface area contributed by atoms with Crippen LogP contribution < -0.4 is 10.0 Å². The molecule has 2 N–H and O–H groups in total. The molecule has 0 bridgehead atoms. The van der Waals surface area contributed by atoms with E-state index >= 15 is 0 Å². The van der Waals surface area contributed by atoms with E-state index < -0.39 is 10.0 Å². The van der Waals surface area contributed by atoms with Gasteiger partial charge in [-0.25, -0.2) is 13.1 Å². The van der Waals surface area contributed by atoms with E-state index in [0.717, 1.165) is 0 Å². The molecule has 1 aromatic rings. The average molecular weight is 273 g/mol. The molecule has 0 saturated carbocycles. The van der Waals surface area contributed by atoms with E-state index in [1.807, 2.05) is 0 Å². The van der Waals surface area contributed by atoms with Gasteiger partial charge < -0.3 is 10.1 Å². The van der Waals surface area contributed by atoms with Crippen LogP contribution in [0.4, 0.5) is 5.69 Å². The first-order valence-corrected chi connectivity index (χ1v) is 7.15. The predicted octanol–water partition coefficient (Wildman–Crippen LogP) is 0.827. The summed E-state index contributed by atoms with van der Waals surface area (Å²) in [5.41, 5.74) is 0.523. The van der Waals surface area contributed by atoms with Gasteiger partial charge in [-0.3, -0.25) is 4.98 Å². The minimum Gasteiger partial charge on any atom is -0.383 e. The molecule has 1 rings (SSSR count). The summed E-state index contributed by atoms with van der Waals surface area (Å²) in [4.78, 5) is 4.00. The fourth-order valence-electron chi connectivity index (χ4n) is 1.40. The molecule has 1 aromatic heterocycles. The molecule has 0 aliphatic rings. The first kappa shape index (κ1) is 14.9. The van der Waals surface area contributed by atoms with Crippen LogP contribution in [-0.2, 0) is 14.8 Å². The van der Waals surface area contributed by atoms with Gasteiger partial charge in [0.15, 0.2) is 0 Å². The number of aromatic nitrogens is 1. The Balaban J connectivity index is 2.94. The van der Waals surface area contributed by atoms with Crippen molar-refractivity contribution in [2.75, 3.05) is 25.6 Å². The third-order valence-electron chi connectivity index (χ3n) is 2.09. The zero-order valence-corrected chi connectivity index (χ0v) is 11.6. The van der Waals surface area contributed by atoms with Crippen molar-refractivity contribution >= 4 is 15.7 Å². The highest BCUT2D eigenvalue weighted by Gasteiger charge is 2.19. The zero-order chi connectivity index (χ0) is 13.6. The highest BCUT2D eigenvalue weighted by atomic mass is 32.2. The molecule has 102 valence electrons. The molecule has 0 radical (unpaired) electrons. The second-order valence-electron chi connectivity index (χ2n) is 4.07. The van der Waals surface area contributed by atoms with E-state index in [-0.39, 0.29) is 10.9 Å². The van der Waals surface area contributed by atoms with E-state index in [1.165, 1.54) is 6.20 Å². The first-order valence-electron chi connectivity index (χ1n) is 5.66. The molecule has 18 heavy (non-hydrogen) atoms. The number of rotatable bonds is 7. The number of sulfonamides is 1. The Labute approximate surface area is 108 Å². The lowest BCUT2D eigenvalue weighted by molar-refractivity contribution is 0.210. The maximum absolute atomic E-state index is 12.1. The summed E-state index contributed by atoms with van der Waals surface area (Å²) in [6, 6.07) is 1.46. The van der Waals surface area contributed by atoms with Gasteiger partial charge >= 0.3 is 0 Å². The summed E-state index contributed by atoms with van der Waals surface area (Å²) < 4.78 is 31.6. The normalized spacial score (nSPS) is 11.8. The average Bonchev–Trinajstić information content (AvgIpc) is 2.28. The van der Waals surface area contributed by atoms with Crippen molar-refractivity contribution in [3.63, 3.8) is 0 Å². The van der Waals surface area contributed by atoms with Crippen molar-refractivity contribution in [3.05, 3.63) is 18.5 Å². The van der Waals surface area contributed by atoms with Gasteiger partial charge in [0.25, 0.3) is 0 Å². The molecule has 7 heteroatoms. The second-order valence-corrected chi connectivity index (χ2v) is 5.75. The van der Waals surface area contributed by atoms with E-state index in [0.29, 0.717) is 18.8 Å². The number of nitrogens with one attached hydrogen (secondary N) is 2. The van der Waals surface area contributed by atoms with Gasteiger partial charge in [0.05, 0.1) is 12.3 Å². The molecular formula is C11H19N3O3S. The van der Waals surface area contributed by atoms with E-state index in [2.05, 4.69) is 15.0 Å². The fraction of sp³-hybridized carbons (Fsp3) is 0.545. The van der Waals surface area contributed by atoms with E-state index in [4.69, 9.17) is 4.74 Å². The van der Waals surface area contributed by atoms with Gasteiger partial charge in [-0.2, -0.15) is 0 Å². The van der Waals surface area contributed by atoms with Crippen molar-refractivity contribution in [2.45, 2.75) is 24.8 Å². The molecule has 0 aliphatic heterocycles. The van der Waals surface area contributed by atoms with Crippen molar-refractivity contribution in [3.8, 4) is 0 Å². The molecule has 1 heterocycles. The van der Waals surface area contributed by atoms with Crippen molar-refractivity contribution in [2.24, 2.45) is 0 Å². The molecule has 0 aromatic carbocycles. The van der Waals surface area contributed by atoms with Crippen molar-refractivity contribution in [1.82, 2.24) is 9.71 Å². The smallest absolute Gasteiger partial charge is 0.244 e. The van der Waals surface area contributed by atoms with Crippen LogP contribution in [0.5, 0.6) is 0 Å². The maximum atomic E-state index is 12.1. The van der Waals surface area contributed by atoms with Crippen LogP contribution in [0.1, 0.15) is 13.8 Å². The number of pyridine rings is 1. The van der Waals surface area contributed by atoms with Crippen LogP contribution in [0.25, 0.3) is 0 Å². The minimum atomic E-state index is -3.54. The van der Waals surface area contributed by atoms with Crippen LogP contribution in [0.2, 0.25) is 0 Å². The van der Waals surface area contributed by atoms with Gasteiger partial charge in [0.1, 0.15) is 4.90 Å². The Morgan fingerprint density at radius 3 is 2.78 bits per heavy atom. The van der Waals surface area contributed by atoms with E-state index in [9.17, 15) is 8.42 Å². The third kappa shape index (κ3) is 4.25. The molecule has 0 saturated heterocycles. The van der Waals surface area contributed by atoms with Crippen LogP contribution >= 0.6 is 0 Å². The third-order valence-corrected chi connectivity index (χ3v) is 3.77. The standard InChI is InChI=1S/C11H19N3O3S/c1-9(2)14-18(15,16)11-8-12-5-4-10(11)13-6-7-17-3/h4-5,8-9,14H,6-7H2,1-3H3,(H,12,13). The number of anilines is 1. The van der Waals surface area contributed by atoms with Crippen LogP contribution in [-0.4, -0.2) is 39.7 Å². The lowest BCUT2D eigenvalue weighted by atomic mass is 10.4. The minimum absolute atomic E-state index is 0.148. The first-order chi connectivity index (χ1) is 8.47. The second kappa shape index (κ2) is 6.67. The quantitative estimate of drug-likeness (QED) is 0.719. The maximum Gasteiger partial charge on any atom is 0.244 e.